The fourth-order valence-corrected chi connectivity index (χ4v) is 7.61. The molecule has 14 heteroatoms. The predicted octanol–water partition coefficient (Wildman–Crippen LogP) is 4.75. The van der Waals surface area contributed by atoms with Gasteiger partial charge in [0.1, 0.15) is 0 Å². The van der Waals surface area contributed by atoms with Gasteiger partial charge in [-0.3, -0.25) is 0 Å². The molecule has 0 aromatic carbocycles. The largest absolute Gasteiger partial charge is 0.500 e. The van der Waals surface area contributed by atoms with E-state index < -0.39 is 29.5 Å². The lowest BCUT2D eigenvalue weighted by atomic mass is 10.1. The number of carboxylic acids is 2. The Morgan fingerprint density at radius 1 is 0.622 bits per heavy atom. The Morgan fingerprint density at radius 2 is 0.919 bits per heavy atom. The molecule has 0 radical (unpaired) electrons. The first-order chi connectivity index (χ1) is 16.5. The van der Waals surface area contributed by atoms with Gasteiger partial charge in [0.15, 0.2) is 0 Å². The van der Waals surface area contributed by atoms with Gasteiger partial charge in [-0.15, -0.1) is 0 Å². The van der Waals surface area contributed by atoms with Gasteiger partial charge >= 0.3 is 29.5 Å². The Bertz CT molecular complexity index is 609. The summed E-state index contributed by atoms with van der Waals surface area (Å²) in [5.41, 5.74) is 0.482. The Labute approximate surface area is 239 Å². The van der Waals surface area contributed by atoms with Crippen LogP contribution >= 0.6 is 27.0 Å². The average molecular weight is 607 g/mol. The van der Waals surface area contributed by atoms with Gasteiger partial charge in [-0.25, -0.2) is 9.59 Å². The van der Waals surface area contributed by atoms with Crippen molar-refractivity contribution in [1.82, 2.24) is 0 Å². The molecular formula is C23H50O10S2Si2. The van der Waals surface area contributed by atoms with Crippen molar-refractivity contribution in [1.29, 1.82) is 0 Å². The van der Waals surface area contributed by atoms with Gasteiger partial charge in [0, 0.05) is 64.4 Å². The fourth-order valence-electron chi connectivity index (χ4n) is 3.13. The summed E-state index contributed by atoms with van der Waals surface area (Å²) in [6.07, 6.45) is 4.09. The van der Waals surface area contributed by atoms with Crippen molar-refractivity contribution in [3.8, 4) is 0 Å². The van der Waals surface area contributed by atoms with Crippen LogP contribution < -0.4 is 0 Å². The zero-order valence-corrected chi connectivity index (χ0v) is 27.4. The van der Waals surface area contributed by atoms with E-state index in [1.54, 1.807) is 21.3 Å². The maximum atomic E-state index is 10.6. The highest BCUT2D eigenvalue weighted by Crippen LogP contribution is 2.21. The molecule has 0 aromatic heterocycles. The predicted molar refractivity (Wildman–Crippen MR) is 159 cm³/mol. The van der Waals surface area contributed by atoms with E-state index in [0.717, 1.165) is 31.7 Å². The summed E-state index contributed by atoms with van der Waals surface area (Å²) < 4.78 is 32.9. The molecule has 0 spiro atoms. The van der Waals surface area contributed by atoms with Gasteiger partial charge in [-0.1, -0.05) is 13.2 Å². The van der Waals surface area contributed by atoms with Crippen molar-refractivity contribution >= 4 is 56.5 Å². The molecule has 0 atom stereocenters. The lowest BCUT2D eigenvalue weighted by Crippen LogP contribution is -2.45. The second kappa shape index (κ2) is 25.6. The summed E-state index contributed by atoms with van der Waals surface area (Å²) in [4.78, 5) is 21.1. The number of hydrogen-bond donors (Lipinski definition) is 2. The summed E-state index contributed by atoms with van der Waals surface area (Å²) in [6, 6.07) is 1.40. The minimum Gasteiger partial charge on any atom is -0.478 e. The standard InChI is InChI=1S/C13H26O5Si.C10H20O5Si.2H2S/c1-5-16-19(17-6-2,18-7-3)11-9-8-10-12(4)13(14)15;1-9(10(11)12)7-5-6-8-16(13-2,14-3)15-4;;/h4-11H2,1-3H3,(H,14,15);1,5-8H2,2-4H3,(H,11,12);2*1H2. The summed E-state index contributed by atoms with van der Waals surface area (Å²) >= 11 is 0. The van der Waals surface area contributed by atoms with Gasteiger partial charge in [-0.2, -0.15) is 27.0 Å². The molecule has 0 unspecified atom stereocenters. The third kappa shape index (κ3) is 20.0. The highest BCUT2D eigenvalue weighted by atomic mass is 32.1. The van der Waals surface area contributed by atoms with Crippen molar-refractivity contribution < 1.29 is 46.4 Å². The van der Waals surface area contributed by atoms with Gasteiger partial charge in [0.05, 0.1) is 0 Å². The van der Waals surface area contributed by atoms with Crippen LogP contribution in [0.1, 0.15) is 59.3 Å². The van der Waals surface area contributed by atoms with E-state index in [-0.39, 0.29) is 38.1 Å². The van der Waals surface area contributed by atoms with Crippen LogP contribution in [-0.4, -0.2) is 80.9 Å². The molecule has 0 aliphatic heterocycles. The van der Waals surface area contributed by atoms with E-state index in [1.807, 2.05) is 20.8 Å². The average Bonchev–Trinajstić information content (AvgIpc) is 2.83. The van der Waals surface area contributed by atoms with Crippen LogP contribution in [0.4, 0.5) is 0 Å². The molecule has 0 aliphatic carbocycles. The molecule has 0 bridgehead atoms. The minimum absolute atomic E-state index is 0. The van der Waals surface area contributed by atoms with Gasteiger partial charge in [-0.05, 0) is 59.3 Å². The molecule has 0 amide bonds. The summed E-state index contributed by atoms with van der Waals surface area (Å²) in [5, 5.41) is 17.3. The van der Waals surface area contributed by atoms with Crippen LogP contribution in [0.25, 0.3) is 0 Å². The van der Waals surface area contributed by atoms with Crippen molar-refractivity contribution in [3.63, 3.8) is 0 Å². The highest BCUT2D eigenvalue weighted by Gasteiger charge is 2.39. The molecule has 0 rings (SSSR count). The molecule has 10 nitrogen and oxygen atoms in total. The van der Waals surface area contributed by atoms with Crippen LogP contribution in [0.15, 0.2) is 24.3 Å². The molecule has 222 valence electrons. The van der Waals surface area contributed by atoms with E-state index in [1.165, 1.54) is 0 Å². The lowest BCUT2D eigenvalue weighted by molar-refractivity contribution is -0.133. The van der Waals surface area contributed by atoms with E-state index in [4.69, 9.17) is 36.8 Å². The van der Waals surface area contributed by atoms with Crippen molar-refractivity contribution in [2.75, 3.05) is 41.2 Å². The number of carbonyl (C=O) groups is 2. The molecular weight excluding hydrogens is 557 g/mol. The maximum absolute atomic E-state index is 10.6. The lowest BCUT2D eigenvalue weighted by Gasteiger charge is -2.28. The van der Waals surface area contributed by atoms with Gasteiger partial charge in [0.2, 0.25) is 0 Å². The third-order valence-electron chi connectivity index (χ3n) is 5.05. The number of unbranched alkanes of at least 4 members (excludes halogenated alkanes) is 2. The smallest absolute Gasteiger partial charge is 0.478 e. The van der Waals surface area contributed by atoms with E-state index in [2.05, 4.69) is 13.2 Å². The molecule has 37 heavy (non-hydrogen) atoms. The SMILES string of the molecule is C=C(CCCC[Si](OC)(OC)OC)C(=O)O.C=C(CCCC[Si](OCC)(OCC)OCC)C(=O)O.S.S. The first-order valence-corrected chi connectivity index (χ1v) is 15.8. The van der Waals surface area contributed by atoms with Crippen LogP contribution in [0, 0.1) is 0 Å². The molecule has 0 heterocycles. The van der Waals surface area contributed by atoms with Crippen molar-refractivity contribution in [2.24, 2.45) is 0 Å². The summed E-state index contributed by atoms with van der Waals surface area (Å²) in [6.45, 7) is 14.4. The van der Waals surface area contributed by atoms with E-state index in [9.17, 15) is 9.59 Å². The quantitative estimate of drug-likeness (QED) is 0.107. The number of aliphatic carboxylic acids is 2. The van der Waals surface area contributed by atoms with Crippen LogP contribution in [0.5, 0.6) is 0 Å². The molecule has 0 saturated carbocycles. The monoisotopic (exact) mass is 606 g/mol. The Hall–Kier alpha value is -0.686. The number of rotatable bonds is 21. The van der Waals surface area contributed by atoms with Crippen molar-refractivity contribution in [2.45, 2.75) is 71.4 Å². The van der Waals surface area contributed by atoms with Crippen LogP contribution in [0.3, 0.4) is 0 Å². The Kier molecular flexibility index (Phi) is 30.0. The van der Waals surface area contributed by atoms with E-state index >= 15 is 0 Å². The second-order valence-electron chi connectivity index (χ2n) is 7.51. The maximum Gasteiger partial charge on any atom is 0.500 e. The van der Waals surface area contributed by atoms with Crippen LogP contribution in [-0.2, 0) is 36.1 Å². The number of hydrogen-bond acceptors (Lipinski definition) is 8. The normalized spacial score (nSPS) is 10.9. The minimum atomic E-state index is -2.57. The van der Waals surface area contributed by atoms with Crippen LogP contribution in [0.2, 0.25) is 12.1 Å². The van der Waals surface area contributed by atoms with Gasteiger partial charge in [0.25, 0.3) is 0 Å². The summed E-state index contributed by atoms with van der Waals surface area (Å²) in [5.74, 6) is -1.86. The zero-order valence-electron chi connectivity index (χ0n) is 23.4. The Balaban J connectivity index is -0.000000283. The molecule has 0 saturated heterocycles. The topological polar surface area (TPSA) is 130 Å². The van der Waals surface area contributed by atoms with Crippen molar-refractivity contribution in [3.05, 3.63) is 24.3 Å². The zero-order chi connectivity index (χ0) is 27.3. The Morgan fingerprint density at radius 3 is 1.16 bits per heavy atom. The molecule has 0 fully saturated rings. The van der Waals surface area contributed by atoms with E-state index in [0.29, 0.717) is 38.7 Å². The van der Waals surface area contributed by atoms with Gasteiger partial charge < -0.3 is 36.8 Å². The third-order valence-corrected chi connectivity index (χ3v) is 11.0. The number of carboxylic acid groups (broad SMARTS) is 2. The molecule has 2 N–H and O–H groups in total. The molecule has 0 aromatic rings. The fraction of sp³-hybridized carbons (Fsp3) is 0.739. The first-order valence-electron chi connectivity index (χ1n) is 11.9. The molecule has 0 aliphatic rings. The summed E-state index contributed by atoms with van der Waals surface area (Å²) in [7, 11) is -0.371. The first kappa shape index (κ1) is 43.4. The second-order valence-corrected chi connectivity index (χ2v) is 13.3. The highest BCUT2D eigenvalue weighted by molar-refractivity contribution is 7.59.